The zero-order chi connectivity index (χ0) is 11.4. The molecule has 0 saturated carbocycles. The Labute approximate surface area is 90.4 Å². The summed E-state index contributed by atoms with van der Waals surface area (Å²) >= 11 is 5.51. The molecule has 0 unspecified atom stereocenters. The highest BCUT2D eigenvalue weighted by Gasteiger charge is 2.06. The quantitative estimate of drug-likeness (QED) is 0.619. The molecule has 0 aliphatic carbocycles. The first-order chi connectivity index (χ1) is 7.02. The first-order valence-electron chi connectivity index (χ1n) is 4.00. The van der Waals surface area contributed by atoms with E-state index < -0.39 is 11.8 Å². The summed E-state index contributed by atoms with van der Waals surface area (Å²) in [5.41, 5.74) is 2.14. The van der Waals surface area contributed by atoms with E-state index in [-0.39, 0.29) is 16.4 Å². The third-order valence-corrected chi connectivity index (χ3v) is 1.90. The number of nitrogens with zero attached hydrogens (tertiary/aromatic N) is 1. The van der Waals surface area contributed by atoms with Gasteiger partial charge in [-0.05, 0) is 19.1 Å². The summed E-state index contributed by atoms with van der Waals surface area (Å²) in [4.78, 5) is 10.4. The number of halogens is 2. The van der Waals surface area contributed by atoms with Gasteiger partial charge < -0.3 is 5.11 Å². The number of hydrogen-bond acceptors (Lipinski definition) is 3. The minimum atomic E-state index is -1.18. The fourth-order valence-electron chi connectivity index (χ4n) is 0.782. The molecular formula is C9H8ClFN2O2. The molecule has 1 aromatic carbocycles. The molecule has 0 aliphatic rings. The van der Waals surface area contributed by atoms with Crippen molar-refractivity contribution in [3.05, 3.63) is 29.0 Å². The zero-order valence-corrected chi connectivity index (χ0v) is 8.55. The molecule has 0 atom stereocenters. The van der Waals surface area contributed by atoms with Gasteiger partial charge in [0.15, 0.2) is 5.82 Å². The van der Waals surface area contributed by atoms with Crippen LogP contribution < -0.4 is 5.43 Å². The summed E-state index contributed by atoms with van der Waals surface area (Å²) in [6.45, 7) is 1.29. The largest absolute Gasteiger partial charge is 0.477 e. The molecule has 1 rings (SSSR count). The Morgan fingerprint density at radius 2 is 2.27 bits per heavy atom. The van der Waals surface area contributed by atoms with Crippen LogP contribution in [0.2, 0.25) is 5.02 Å². The smallest absolute Gasteiger partial charge is 0.351 e. The van der Waals surface area contributed by atoms with E-state index in [1.807, 2.05) is 0 Å². The summed E-state index contributed by atoms with van der Waals surface area (Å²) in [5.74, 6) is -1.84. The van der Waals surface area contributed by atoms with Crippen molar-refractivity contribution in [3.8, 4) is 0 Å². The summed E-state index contributed by atoms with van der Waals surface area (Å²) in [6.07, 6.45) is 0. The van der Waals surface area contributed by atoms with Crippen molar-refractivity contribution < 1.29 is 14.3 Å². The van der Waals surface area contributed by atoms with Gasteiger partial charge in [0.1, 0.15) is 5.71 Å². The molecule has 0 aromatic heterocycles. The van der Waals surface area contributed by atoms with Gasteiger partial charge in [0.05, 0.1) is 10.7 Å². The van der Waals surface area contributed by atoms with Crippen molar-refractivity contribution in [2.45, 2.75) is 6.92 Å². The highest BCUT2D eigenvalue weighted by Crippen LogP contribution is 2.21. The molecule has 2 N–H and O–H groups in total. The Morgan fingerprint density at radius 3 is 2.87 bits per heavy atom. The molecule has 0 aliphatic heterocycles. The maximum atomic E-state index is 13.2. The Bertz CT molecular complexity index is 421. The van der Waals surface area contributed by atoms with E-state index in [1.54, 1.807) is 0 Å². The molecule has 0 fully saturated rings. The fourth-order valence-corrected chi connectivity index (χ4v) is 0.957. The standard InChI is InChI=1S/C9H8ClFN2O2/c1-5(9(14)15)12-13-7-4-2-3-6(10)8(7)11/h2-4,13H,1H3,(H,14,15)/b12-5-. The van der Waals surface area contributed by atoms with Crippen molar-refractivity contribution in [3.63, 3.8) is 0 Å². The first kappa shape index (κ1) is 11.5. The number of rotatable bonds is 3. The van der Waals surface area contributed by atoms with E-state index in [1.165, 1.54) is 25.1 Å². The number of anilines is 1. The van der Waals surface area contributed by atoms with Gasteiger partial charge in [-0.25, -0.2) is 9.18 Å². The van der Waals surface area contributed by atoms with Gasteiger partial charge in [0, 0.05) is 0 Å². The second kappa shape index (κ2) is 4.75. The molecule has 0 amide bonds. The van der Waals surface area contributed by atoms with E-state index in [9.17, 15) is 9.18 Å². The van der Waals surface area contributed by atoms with Gasteiger partial charge in [-0.3, -0.25) is 5.43 Å². The van der Waals surface area contributed by atoms with E-state index in [4.69, 9.17) is 16.7 Å². The maximum Gasteiger partial charge on any atom is 0.351 e. The van der Waals surface area contributed by atoms with Gasteiger partial charge in [0.25, 0.3) is 0 Å². The number of aliphatic carboxylic acids is 1. The third kappa shape index (κ3) is 2.92. The number of carbonyl (C=O) groups is 1. The fraction of sp³-hybridized carbons (Fsp3) is 0.111. The molecule has 15 heavy (non-hydrogen) atoms. The predicted molar refractivity (Wildman–Crippen MR) is 55.8 cm³/mol. The lowest BCUT2D eigenvalue weighted by molar-refractivity contribution is -0.129. The summed E-state index contributed by atoms with van der Waals surface area (Å²) in [7, 11) is 0. The summed E-state index contributed by atoms with van der Waals surface area (Å²) < 4.78 is 13.2. The van der Waals surface area contributed by atoms with Crippen LogP contribution in [0.3, 0.4) is 0 Å². The number of carboxylic acid groups (broad SMARTS) is 1. The SMILES string of the molecule is C/C(=N/Nc1cccc(Cl)c1F)C(=O)O. The lowest BCUT2D eigenvalue weighted by atomic mass is 10.3. The Balaban J connectivity index is 2.87. The lowest BCUT2D eigenvalue weighted by Crippen LogP contribution is -2.10. The van der Waals surface area contributed by atoms with E-state index in [2.05, 4.69) is 10.5 Å². The van der Waals surface area contributed by atoms with Crippen molar-refractivity contribution in [2.24, 2.45) is 5.10 Å². The molecule has 4 nitrogen and oxygen atoms in total. The second-order valence-corrected chi connectivity index (χ2v) is 3.12. The number of hydrogen-bond donors (Lipinski definition) is 2. The summed E-state index contributed by atoms with van der Waals surface area (Å²) in [6, 6.07) is 4.31. The molecule has 0 spiro atoms. The average molecular weight is 231 g/mol. The molecule has 1 aromatic rings. The minimum absolute atomic E-state index is 0.0306. The van der Waals surface area contributed by atoms with E-state index >= 15 is 0 Å². The predicted octanol–water partition coefficient (Wildman–Crippen LogP) is 2.35. The Morgan fingerprint density at radius 1 is 1.60 bits per heavy atom. The topological polar surface area (TPSA) is 61.7 Å². The van der Waals surface area contributed by atoms with Crippen LogP contribution in [0.15, 0.2) is 23.3 Å². The molecule has 0 radical (unpaired) electrons. The van der Waals surface area contributed by atoms with Crippen LogP contribution in [0.25, 0.3) is 0 Å². The van der Waals surface area contributed by atoms with Crippen LogP contribution in [0.1, 0.15) is 6.92 Å². The number of hydrazone groups is 1. The first-order valence-corrected chi connectivity index (χ1v) is 4.37. The molecule has 0 bridgehead atoms. The highest BCUT2D eigenvalue weighted by atomic mass is 35.5. The zero-order valence-electron chi connectivity index (χ0n) is 7.79. The van der Waals surface area contributed by atoms with Gasteiger partial charge in [-0.2, -0.15) is 5.10 Å². The van der Waals surface area contributed by atoms with Crippen molar-refractivity contribution in [2.75, 3.05) is 5.43 Å². The minimum Gasteiger partial charge on any atom is -0.477 e. The molecule has 0 heterocycles. The van der Waals surface area contributed by atoms with E-state index in [0.717, 1.165) is 0 Å². The molecular weight excluding hydrogens is 223 g/mol. The average Bonchev–Trinajstić information content (AvgIpc) is 2.19. The van der Waals surface area contributed by atoms with Crippen LogP contribution in [0.5, 0.6) is 0 Å². The number of benzene rings is 1. The second-order valence-electron chi connectivity index (χ2n) is 2.72. The Hall–Kier alpha value is -1.62. The number of nitrogens with one attached hydrogen (secondary N) is 1. The highest BCUT2D eigenvalue weighted by molar-refractivity contribution is 6.34. The van der Waals surface area contributed by atoms with Crippen molar-refractivity contribution in [1.82, 2.24) is 0 Å². The Kier molecular flexibility index (Phi) is 3.62. The van der Waals surface area contributed by atoms with Gasteiger partial charge in [0.2, 0.25) is 0 Å². The van der Waals surface area contributed by atoms with Crippen molar-refractivity contribution >= 4 is 29.0 Å². The van der Waals surface area contributed by atoms with Crippen LogP contribution >= 0.6 is 11.6 Å². The summed E-state index contributed by atoms with van der Waals surface area (Å²) in [5, 5.41) is 11.9. The molecule has 80 valence electrons. The van der Waals surface area contributed by atoms with Crippen LogP contribution in [-0.4, -0.2) is 16.8 Å². The van der Waals surface area contributed by atoms with Crippen molar-refractivity contribution in [1.29, 1.82) is 0 Å². The molecule has 6 heteroatoms. The van der Waals surface area contributed by atoms with Crippen LogP contribution in [0, 0.1) is 5.82 Å². The normalized spacial score (nSPS) is 11.3. The van der Waals surface area contributed by atoms with Gasteiger partial charge in [-0.1, -0.05) is 17.7 Å². The maximum absolute atomic E-state index is 13.2. The van der Waals surface area contributed by atoms with Crippen LogP contribution in [-0.2, 0) is 4.79 Å². The van der Waals surface area contributed by atoms with Gasteiger partial charge in [-0.15, -0.1) is 0 Å². The molecule has 0 saturated heterocycles. The van der Waals surface area contributed by atoms with Gasteiger partial charge >= 0.3 is 5.97 Å². The number of carboxylic acids is 1. The lowest BCUT2D eigenvalue weighted by Gasteiger charge is -2.03. The van der Waals surface area contributed by atoms with E-state index in [0.29, 0.717) is 0 Å². The third-order valence-electron chi connectivity index (χ3n) is 1.61. The van der Waals surface area contributed by atoms with Crippen LogP contribution in [0.4, 0.5) is 10.1 Å². The monoisotopic (exact) mass is 230 g/mol.